The third kappa shape index (κ3) is 8.96. The molecule has 0 amide bonds. The van der Waals surface area contributed by atoms with Crippen molar-refractivity contribution in [3.63, 3.8) is 0 Å². The molecular weight excluding hydrogens is 508 g/mol. The van der Waals surface area contributed by atoms with Crippen LogP contribution in [0.1, 0.15) is 49.2 Å². The van der Waals surface area contributed by atoms with Crippen LogP contribution in [0.4, 0.5) is 26.3 Å². The van der Waals surface area contributed by atoms with Gasteiger partial charge in [0.2, 0.25) is 0 Å². The first-order chi connectivity index (χ1) is 16.3. The van der Waals surface area contributed by atoms with E-state index in [1.165, 1.54) is 18.2 Å². The van der Waals surface area contributed by atoms with Gasteiger partial charge in [0, 0.05) is 30.1 Å². The molecule has 0 radical (unpaired) electrons. The Morgan fingerprint density at radius 2 is 1.36 bits per heavy atom. The van der Waals surface area contributed by atoms with Crippen LogP contribution >= 0.6 is 8.58 Å². The Bertz CT molecular complexity index is 983. The fraction of sp³-hybridized carbons (Fsp3) is 0.435. The van der Waals surface area contributed by atoms with Gasteiger partial charge < -0.3 is 18.9 Å². The van der Waals surface area contributed by atoms with Crippen molar-refractivity contribution in [1.82, 2.24) is 0 Å². The van der Waals surface area contributed by atoms with Crippen LogP contribution in [0, 0.1) is 0 Å². The van der Waals surface area contributed by atoms with Gasteiger partial charge in [-0.25, -0.2) is 0 Å². The van der Waals surface area contributed by atoms with Crippen LogP contribution in [0.2, 0.25) is 0 Å². The van der Waals surface area contributed by atoms with Crippen LogP contribution in [0.25, 0.3) is 0 Å². The van der Waals surface area contributed by atoms with Crippen molar-refractivity contribution in [2.24, 2.45) is 0 Å². The molecule has 0 saturated carbocycles. The molecule has 0 aliphatic rings. The first-order valence-corrected chi connectivity index (χ1v) is 11.6. The predicted molar refractivity (Wildman–Crippen MR) is 119 cm³/mol. The van der Waals surface area contributed by atoms with Gasteiger partial charge in [0.05, 0.1) is 11.1 Å². The van der Waals surface area contributed by atoms with Gasteiger partial charge in [-0.15, -0.1) is 0 Å². The standard InChI is InChI=1S/C23H25F6O5P.Li/c1-5-31-13(3)33-15-10-11-19(18(12-15)34-14(4)32-6-2)35-21(30)20-16(22(24,25)26)8-7-9-17(20)23(27,28)29;/h7-14,35H,5-6H2,1-4H3;/q;+1. The van der Waals surface area contributed by atoms with E-state index in [9.17, 15) is 31.1 Å². The van der Waals surface area contributed by atoms with Gasteiger partial charge in [0.25, 0.3) is 0 Å². The maximum absolute atomic E-state index is 13.5. The Balaban J connectivity index is 0.00000648. The number of hydrogen-bond donors (Lipinski definition) is 0. The monoisotopic (exact) mass is 533 g/mol. The van der Waals surface area contributed by atoms with Gasteiger partial charge in [0.15, 0.2) is 18.1 Å². The summed E-state index contributed by atoms with van der Waals surface area (Å²) in [6.07, 6.45) is -11.8. The Labute approximate surface area is 218 Å². The van der Waals surface area contributed by atoms with Gasteiger partial charge in [-0.2, -0.15) is 26.3 Å². The van der Waals surface area contributed by atoms with E-state index >= 15 is 0 Å². The fourth-order valence-corrected chi connectivity index (χ4v) is 4.20. The molecule has 0 bridgehead atoms. The Morgan fingerprint density at radius 3 is 1.83 bits per heavy atom. The van der Waals surface area contributed by atoms with Crippen molar-refractivity contribution < 1.29 is 68.9 Å². The van der Waals surface area contributed by atoms with Gasteiger partial charge in [0.1, 0.15) is 11.5 Å². The minimum absolute atomic E-state index is 0. The largest absolute Gasteiger partial charge is 1.00 e. The summed E-state index contributed by atoms with van der Waals surface area (Å²) >= 11 is 0. The predicted octanol–water partition coefficient (Wildman–Crippen LogP) is 3.40. The number of alkyl halides is 6. The third-order valence-electron chi connectivity index (χ3n) is 4.50. The molecule has 194 valence electrons. The van der Waals surface area contributed by atoms with Crippen LogP contribution in [0.3, 0.4) is 0 Å². The topological polar surface area (TPSA) is 54.0 Å². The van der Waals surface area contributed by atoms with Crippen LogP contribution in [0.15, 0.2) is 36.4 Å². The van der Waals surface area contributed by atoms with E-state index in [4.69, 9.17) is 18.9 Å². The maximum Gasteiger partial charge on any atom is 1.00 e. The molecule has 0 aliphatic carbocycles. The number of rotatable bonds is 11. The summed E-state index contributed by atoms with van der Waals surface area (Å²) in [6.45, 7) is 7.32. The van der Waals surface area contributed by atoms with Crippen molar-refractivity contribution in [3.05, 3.63) is 53.1 Å². The summed E-state index contributed by atoms with van der Waals surface area (Å²) in [7, 11) is -1.11. The number of ether oxygens (including phenoxy) is 4. The molecule has 0 heterocycles. The average molecular weight is 533 g/mol. The molecule has 0 saturated heterocycles. The van der Waals surface area contributed by atoms with Gasteiger partial charge >= 0.3 is 31.2 Å². The number of benzene rings is 2. The normalized spacial score (nSPS) is 13.8. The van der Waals surface area contributed by atoms with E-state index in [0.717, 1.165) is 0 Å². The molecule has 2 rings (SSSR count). The van der Waals surface area contributed by atoms with E-state index in [1.807, 2.05) is 0 Å². The number of carbonyl (C=O) groups is 1. The zero-order valence-electron chi connectivity index (χ0n) is 20.3. The summed E-state index contributed by atoms with van der Waals surface area (Å²) in [5.41, 5.74) is -6.07. The molecule has 0 spiro atoms. The van der Waals surface area contributed by atoms with E-state index in [0.29, 0.717) is 24.8 Å². The average Bonchev–Trinajstić information content (AvgIpc) is 2.74. The number of halogens is 6. The SMILES string of the molecule is CCOC(C)Oc1ccc(PC(=O)c2c(C(F)(F)F)cccc2C(F)(F)F)c(OC(C)OCC)c1.[Li+]. The summed E-state index contributed by atoms with van der Waals surface area (Å²) < 4.78 is 103. The van der Waals surface area contributed by atoms with Crippen molar-refractivity contribution in [3.8, 4) is 11.5 Å². The molecule has 2 aromatic rings. The minimum atomic E-state index is -5.16. The Kier molecular flexibility index (Phi) is 12.3. The molecule has 0 aliphatic heterocycles. The molecular formula is C23H25F6LiO5P+. The van der Waals surface area contributed by atoms with Gasteiger partial charge in [-0.1, -0.05) is 6.07 Å². The fourth-order valence-electron chi connectivity index (χ4n) is 3.14. The third-order valence-corrected chi connectivity index (χ3v) is 5.66. The van der Waals surface area contributed by atoms with Crippen LogP contribution < -0.4 is 33.6 Å². The van der Waals surface area contributed by atoms with Crippen molar-refractivity contribution in [2.75, 3.05) is 13.2 Å². The van der Waals surface area contributed by atoms with Gasteiger partial charge in [-0.05, 0) is 60.5 Å². The van der Waals surface area contributed by atoms with E-state index in [1.54, 1.807) is 27.7 Å². The second-order valence-electron chi connectivity index (χ2n) is 7.12. The zero-order valence-corrected chi connectivity index (χ0v) is 21.3. The smallest absolute Gasteiger partial charge is 0.465 e. The molecule has 36 heavy (non-hydrogen) atoms. The Hall–Kier alpha value is -1.76. The summed E-state index contributed by atoms with van der Waals surface area (Å²) in [6, 6.07) is 5.67. The minimum Gasteiger partial charge on any atom is -0.465 e. The first-order valence-electron chi connectivity index (χ1n) is 10.6. The maximum atomic E-state index is 13.5. The van der Waals surface area contributed by atoms with Crippen molar-refractivity contribution in [2.45, 2.75) is 52.6 Å². The second kappa shape index (κ2) is 13.7. The van der Waals surface area contributed by atoms with Crippen LogP contribution in [-0.4, -0.2) is 31.3 Å². The molecule has 0 aromatic heterocycles. The van der Waals surface area contributed by atoms with E-state index < -0.39 is 55.7 Å². The van der Waals surface area contributed by atoms with Gasteiger partial charge in [-0.3, -0.25) is 4.79 Å². The van der Waals surface area contributed by atoms with Crippen LogP contribution in [-0.2, 0) is 21.8 Å². The summed E-state index contributed by atoms with van der Waals surface area (Å²) in [4.78, 5) is 12.9. The van der Waals surface area contributed by atoms with Crippen molar-refractivity contribution >= 4 is 19.4 Å². The number of carbonyl (C=O) groups excluding carboxylic acids is 1. The second-order valence-corrected chi connectivity index (χ2v) is 8.36. The molecule has 0 N–H and O–H groups in total. The molecule has 3 unspecified atom stereocenters. The zero-order chi connectivity index (χ0) is 26.4. The summed E-state index contributed by atoms with van der Waals surface area (Å²) in [5, 5.41) is 0.0862. The van der Waals surface area contributed by atoms with Crippen molar-refractivity contribution in [1.29, 1.82) is 0 Å². The van der Waals surface area contributed by atoms with E-state index in [-0.39, 0.29) is 42.3 Å². The van der Waals surface area contributed by atoms with E-state index in [2.05, 4.69) is 0 Å². The molecule has 13 heteroatoms. The number of hydrogen-bond acceptors (Lipinski definition) is 5. The molecule has 3 atom stereocenters. The first kappa shape index (κ1) is 32.3. The molecule has 2 aromatic carbocycles. The Morgan fingerprint density at radius 1 is 0.861 bits per heavy atom. The summed E-state index contributed by atoms with van der Waals surface area (Å²) in [5.74, 6) is 0.286. The molecule has 0 fully saturated rings. The molecule has 5 nitrogen and oxygen atoms in total. The quantitative estimate of drug-likeness (QED) is 0.192. The van der Waals surface area contributed by atoms with Crippen LogP contribution in [0.5, 0.6) is 11.5 Å².